The van der Waals surface area contributed by atoms with Crippen LogP contribution in [0.5, 0.6) is 0 Å². The molecule has 6 nitrogen and oxygen atoms in total. The Balaban J connectivity index is 3.35. The maximum absolute atomic E-state index is 12.4. The first kappa shape index (κ1) is 64.6. The maximum atomic E-state index is 12.4. The Morgan fingerprint density at radius 3 is 1.03 bits per heavy atom. The molecule has 0 aromatic rings. The van der Waals surface area contributed by atoms with Crippen LogP contribution in [-0.4, -0.2) is 47.4 Å². The molecule has 66 heavy (non-hydrogen) atoms. The number of aliphatic hydroxyl groups is 2. The predicted octanol–water partition coefficient (Wildman–Crippen LogP) is 18.5. The van der Waals surface area contributed by atoms with E-state index in [2.05, 4.69) is 19.2 Å². The van der Waals surface area contributed by atoms with Gasteiger partial charge in [-0.3, -0.25) is 9.59 Å². The molecule has 3 N–H and O–H groups in total. The van der Waals surface area contributed by atoms with E-state index < -0.39 is 12.1 Å². The zero-order valence-electron chi connectivity index (χ0n) is 44.7. The topological polar surface area (TPSA) is 95.9 Å². The number of ether oxygens (including phenoxy) is 1. The summed E-state index contributed by atoms with van der Waals surface area (Å²) in [6.45, 7) is 4.91. The van der Waals surface area contributed by atoms with Gasteiger partial charge in [0.2, 0.25) is 5.91 Å². The molecule has 2 atom stereocenters. The van der Waals surface area contributed by atoms with Gasteiger partial charge in [-0.1, -0.05) is 302 Å². The third kappa shape index (κ3) is 52.0. The van der Waals surface area contributed by atoms with E-state index in [-0.39, 0.29) is 18.5 Å². The highest BCUT2D eigenvalue weighted by Crippen LogP contribution is 2.18. The van der Waals surface area contributed by atoms with Crippen molar-refractivity contribution < 1.29 is 24.5 Å². The molecular formula is C60H117NO5. The summed E-state index contributed by atoms with van der Waals surface area (Å²) >= 11 is 0. The Morgan fingerprint density at radius 2 is 0.697 bits per heavy atom. The molecule has 0 radical (unpaired) electrons. The molecule has 1 amide bonds. The number of allylic oxidation sites excluding steroid dienone is 1. The summed E-state index contributed by atoms with van der Waals surface area (Å²) in [5.74, 6) is -0.0482. The SMILES string of the molecule is CCCCCCCCCCCC/C=C/C(O)C(CO)NC(=O)CCCCCCCCCCCCCCCCCCCCCCCCCCCCOC(=O)CCCCCCCCCCCCC. The van der Waals surface area contributed by atoms with Crippen LogP contribution < -0.4 is 5.32 Å². The third-order valence-corrected chi connectivity index (χ3v) is 14.1. The molecule has 0 aliphatic carbocycles. The number of carbonyl (C=O) groups excluding carboxylic acids is 2. The van der Waals surface area contributed by atoms with Gasteiger partial charge in [0.1, 0.15) is 0 Å². The predicted molar refractivity (Wildman–Crippen MR) is 287 cm³/mol. The quantitative estimate of drug-likeness (QED) is 0.0321. The van der Waals surface area contributed by atoms with Crippen LogP contribution in [0, 0.1) is 0 Å². The Morgan fingerprint density at radius 1 is 0.409 bits per heavy atom. The lowest BCUT2D eigenvalue weighted by atomic mass is 10.0. The van der Waals surface area contributed by atoms with Crippen molar-refractivity contribution in [2.45, 2.75) is 347 Å². The number of nitrogens with one attached hydrogen (secondary N) is 1. The smallest absolute Gasteiger partial charge is 0.305 e. The molecule has 0 spiro atoms. The van der Waals surface area contributed by atoms with Crippen molar-refractivity contribution in [2.75, 3.05) is 13.2 Å². The number of unbranched alkanes of at least 4 members (excludes halogenated alkanes) is 45. The number of aliphatic hydroxyl groups excluding tert-OH is 2. The number of carbonyl (C=O) groups is 2. The van der Waals surface area contributed by atoms with E-state index in [1.807, 2.05) is 6.08 Å². The van der Waals surface area contributed by atoms with Gasteiger partial charge in [-0.15, -0.1) is 0 Å². The van der Waals surface area contributed by atoms with Crippen molar-refractivity contribution in [3.8, 4) is 0 Å². The van der Waals surface area contributed by atoms with Gasteiger partial charge in [0.25, 0.3) is 0 Å². The van der Waals surface area contributed by atoms with E-state index in [4.69, 9.17) is 4.74 Å². The standard InChI is InChI=1S/C60H117NO5/c1-3-5-7-9-11-13-15-33-36-40-44-48-52-58(63)57(56-62)61-59(64)53-49-45-41-37-34-30-28-26-24-22-20-18-16-17-19-21-23-25-27-29-31-35-39-43-47-51-55-66-60(65)54-50-46-42-38-32-14-12-10-8-6-4-2/h48,52,57-58,62-63H,3-47,49-51,53-56H2,1-2H3,(H,61,64)/b52-48+. The summed E-state index contributed by atoms with van der Waals surface area (Å²) in [6.07, 6.45) is 66.8. The van der Waals surface area contributed by atoms with E-state index in [1.165, 1.54) is 270 Å². The fourth-order valence-electron chi connectivity index (χ4n) is 9.46. The third-order valence-electron chi connectivity index (χ3n) is 14.1. The maximum Gasteiger partial charge on any atom is 0.305 e. The van der Waals surface area contributed by atoms with Gasteiger partial charge < -0.3 is 20.3 Å². The Hall–Kier alpha value is -1.40. The second kappa shape index (κ2) is 56.2. The van der Waals surface area contributed by atoms with Crippen molar-refractivity contribution in [2.24, 2.45) is 0 Å². The van der Waals surface area contributed by atoms with Gasteiger partial charge in [-0.2, -0.15) is 0 Å². The molecule has 0 aromatic carbocycles. The molecule has 0 saturated carbocycles. The van der Waals surface area contributed by atoms with Gasteiger partial charge in [0.15, 0.2) is 0 Å². The first-order valence-electron chi connectivity index (χ1n) is 30.0. The average Bonchev–Trinajstić information content (AvgIpc) is 3.32. The molecule has 0 saturated heterocycles. The second-order valence-electron chi connectivity index (χ2n) is 20.7. The summed E-state index contributed by atoms with van der Waals surface area (Å²) in [5, 5.41) is 23.0. The van der Waals surface area contributed by atoms with Crippen LogP contribution in [-0.2, 0) is 14.3 Å². The zero-order valence-corrected chi connectivity index (χ0v) is 44.7. The molecule has 392 valence electrons. The first-order chi connectivity index (χ1) is 32.5. The van der Waals surface area contributed by atoms with Crippen LogP contribution in [0.3, 0.4) is 0 Å². The lowest BCUT2D eigenvalue weighted by molar-refractivity contribution is -0.143. The first-order valence-corrected chi connectivity index (χ1v) is 30.0. The minimum Gasteiger partial charge on any atom is -0.466 e. The highest BCUT2D eigenvalue weighted by molar-refractivity contribution is 5.76. The van der Waals surface area contributed by atoms with Gasteiger partial charge in [0.05, 0.1) is 25.4 Å². The Bertz CT molecular complexity index is 986. The lowest BCUT2D eigenvalue weighted by Gasteiger charge is -2.20. The molecule has 0 fully saturated rings. The Labute approximate surface area is 412 Å². The van der Waals surface area contributed by atoms with Crippen LogP contribution in [0.4, 0.5) is 0 Å². The number of amides is 1. The average molecular weight is 933 g/mol. The van der Waals surface area contributed by atoms with E-state index in [1.54, 1.807) is 6.08 Å². The van der Waals surface area contributed by atoms with Crippen molar-refractivity contribution >= 4 is 11.9 Å². The van der Waals surface area contributed by atoms with E-state index in [0.29, 0.717) is 19.4 Å². The van der Waals surface area contributed by atoms with Crippen molar-refractivity contribution in [3.63, 3.8) is 0 Å². The summed E-state index contributed by atoms with van der Waals surface area (Å²) in [4.78, 5) is 24.4. The molecule has 0 aromatic heterocycles. The van der Waals surface area contributed by atoms with Crippen molar-refractivity contribution in [3.05, 3.63) is 12.2 Å². The second-order valence-corrected chi connectivity index (χ2v) is 20.7. The molecule has 0 aliphatic rings. The number of hydrogen-bond donors (Lipinski definition) is 3. The molecular weight excluding hydrogens is 815 g/mol. The van der Waals surface area contributed by atoms with E-state index >= 15 is 0 Å². The van der Waals surface area contributed by atoms with Crippen LogP contribution in [0.25, 0.3) is 0 Å². The highest BCUT2D eigenvalue weighted by atomic mass is 16.5. The molecule has 6 heteroatoms. The van der Waals surface area contributed by atoms with E-state index in [0.717, 1.165) is 38.5 Å². The highest BCUT2D eigenvalue weighted by Gasteiger charge is 2.18. The minimum atomic E-state index is -0.840. The molecule has 0 aliphatic heterocycles. The normalized spacial score (nSPS) is 12.6. The van der Waals surface area contributed by atoms with Crippen LogP contribution >= 0.6 is 0 Å². The van der Waals surface area contributed by atoms with E-state index in [9.17, 15) is 19.8 Å². The van der Waals surface area contributed by atoms with Crippen molar-refractivity contribution in [1.29, 1.82) is 0 Å². The number of rotatable bonds is 56. The monoisotopic (exact) mass is 932 g/mol. The largest absolute Gasteiger partial charge is 0.466 e. The molecule has 0 bridgehead atoms. The van der Waals surface area contributed by atoms with Crippen LogP contribution in [0.2, 0.25) is 0 Å². The summed E-state index contributed by atoms with van der Waals surface area (Å²) in [7, 11) is 0. The zero-order chi connectivity index (χ0) is 47.9. The van der Waals surface area contributed by atoms with Gasteiger partial charge in [-0.25, -0.2) is 0 Å². The minimum absolute atomic E-state index is 0.0168. The fraction of sp³-hybridized carbons (Fsp3) is 0.933. The molecule has 2 unspecified atom stereocenters. The summed E-state index contributed by atoms with van der Waals surface area (Å²) in [5.41, 5.74) is 0. The van der Waals surface area contributed by atoms with Gasteiger partial charge in [-0.05, 0) is 32.1 Å². The Kier molecular flexibility index (Phi) is 55.0. The van der Waals surface area contributed by atoms with Crippen molar-refractivity contribution in [1.82, 2.24) is 5.32 Å². The lowest BCUT2D eigenvalue weighted by Crippen LogP contribution is -2.45. The summed E-state index contributed by atoms with van der Waals surface area (Å²) < 4.78 is 5.47. The number of hydrogen-bond acceptors (Lipinski definition) is 5. The summed E-state index contributed by atoms with van der Waals surface area (Å²) in [6, 6.07) is -0.624. The molecule has 0 heterocycles. The molecule has 0 rings (SSSR count). The number of esters is 1. The van der Waals surface area contributed by atoms with Crippen LogP contribution in [0.1, 0.15) is 335 Å². The van der Waals surface area contributed by atoms with Gasteiger partial charge >= 0.3 is 5.97 Å². The fourth-order valence-corrected chi connectivity index (χ4v) is 9.46. The van der Waals surface area contributed by atoms with Crippen LogP contribution in [0.15, 0.2) is 12.2 Å². The van der Waals surface area contributed by atoms with Gasteiger partial charge in [0, 0.05) is 12.8 Å².